The van der Waals surface area contributed by atoms with Gasteiger partial charge in [0.25, 0.3) is 0 Å². The van der Waals surface area contributed by atoms with Crippen molar-refractivity contribution in [3.8, 4) is 0 Å². The van der Waals surface area contributed by atoms with Crippen LogP contribution < -0.4 is 10.2 Å². The van der Waals surface area contributed by atoms with E-state index in [0.29, 0.717) is 23.7 Å². The molecule has 2 aromatic rings. The van der Waals surface area contributed by atoms with Gasteiger partial charge in [-0.1, -0.05) is 19.0 Å². The molecular weight excluding hydrogens is 356 g/mol. The van der Waals surface area contributed by atoms with Crippen LogP contribution in [-0.2, 0) is 4.74 Å². The Kier molecular flexibility index (Phi) is 5.75. The van der Waals surface area contributed by atoms with E-state index in [2.05, 4.69) is 50.2 Å². The van der Waals surface area contributed by atoms with E-state index in [1.165, 1.54) is 0 Å². The van der Waals surface area contributed by atoms with Gasteiger partial charge in [-0.2, -0.15) is 4.98 Å². The van der Waals surface area contributed by atoms with Crippen LogP contribution in [0.15, 0.2) is 16.9 Å². The highest BCUT2D eigenvalue weighted by Crippen LogP contribution is 2.30. The molecule has 8 heteroatoms. The highest BCUT2D eigenvalue weighted by atomic mass is 16.5. The number of aryl methyl sites for hydroxylation is 1. The van der Waals surface area contributed by atoms with Crippen molar-refractivity contribution in [3.63, 3.8) is 0 Å². The minimum atomic E-state index is 0.223. The van der Waals surface area contributed by atoms with Crippen molar-refractivity contribution in [1.82, 2.24) is 20.1 Å². The molecule has 2 saturated heterocycles. The van der Waals surface area contributed by atoms with Crippen molar-refractivity contribution >= 4 is 11.6 Å². The molecule has 2 atom stereocenters. The van der Waals surface area contributed by atoms with E-state index in [-0.39, 0.29) is 6.10 Å². The lowest BCUT2D eigenvalue weighted by Crippen LogP contribution is -2.43. The molecule has 2 aromatic heterocycles. The van der Waals surface area contributed by atoms with Crippen molar-refractivity contribution < 1.29 is 9.26 Å². The van der Waals surface area contributed by atoms with E-state index in [4.69, 9.17) is 9.26 Å². The lowest BCUT2D eigenvalue weighted by molar-refractivity contribution is -0.0203. The van der Waals surface area contributed by atoms with E-state index in [1.807, 2.05) is 6.92 Å². The van der Waals surface area contributed by atoms with Gasteiger partial charge in [0.1, 0.15) is 18.0 Å². The average molecular weight is 387 g/mol. The molecule has 0 saturated carbocycles. The highest BCUT2D eigenvalue weighted by Gasteiger charge is 2.29. The second-order valence-electron chi connectivity index (χ2n) is 8.18. The van der Waals surface area contributed by atoms with E-state index in [9.17, 15) is 0 Å². The van der Waals surface area contributed by atoms with Gasteiger partial charge >= 0.3 is 0 Å². The smallest absolute Gasteiger partial charge is 0.229 e. The Balaban J connectivity index is 1.39. The number of nitrogens with one attached hydrogen (secondary N) is 1. The van der Waals surface area contributed by atoms with E-state index >= 15 is 0 Å². The molecular formula is C20H30N6O2. The summed E-state index contributed by atoms with van der Waals surface area (Å²) in [4.78, 5) is 15.7. The number of nitrogens with zero attached hydrogens (tertiary/aromatic N) is 5. The molecule has 2 aliphatic rings. The van der Waals surface area contributed by atoms with E-state index in [1.54, 1.807) is 6.33 Å². The Morgan fingerprint density at radius 3 is 2.71 bits per heavy atom. The standard InChI is InChI=1S/C20H30N6O2/c1-13(2)19-16(5-4-10-27-19)24-17-11-18(22-12-21-17)26-8-6-15(7-9-26)20-23-14(3)25-28-20/h11-13,15-16,19H,4-10H2,1-3H3,(H,21,22,24)/t16-,19-/m1/s1. The van der Waals surface area contributed by atoms with E-state index in [0.717, 1.165) is 62.9 Å². The van der Waals surface area contributed by atoms with Crippen LogP contribution in [-0.4, -0.2) is 52.0 Å². The largest absolute Gasteiger partial charge is 0.376 e. The summed E-state index contributed by atoms with van der Waals surface area (Å²) >= 11 is 0. The number of rotatable bonds is 5. The Labute approximate surface area is 166 Å². The third kappa shape index (κ3) is 4.27. The van der Waals surface area contributed by atoms with Crippen molar-refractivity contribution in [1.29, 1.82) is 0 Å². The summed E-state index contributed by atoms with van der Waals surface area (Å²) in [5, 5.41) is 7.51. The fourth-order valence-corrected chi connectivity index (χ4v) is 4.24. The van der Waals surface area contributed by atoms with Crippen LogP contribution in [0.4, 0.5) is 11.6 Å². The summed E-state index contributed by atoms with van der Waals surface area (Å²) in [5.74, 6) is 4.13. The van der Waals surface area contributed by atoms with Crippen LogP contribution in [0, 0.1) is 12.8 Å². The van der Waals surface area contributed by atoms with Crippen LogP contribution in [0.1, 0.15) is 57.2 Å². The van der Waals surface area contributed by atoms with Crippen molar-refractivity contribution in [2.75, 3.05) is 29.9 Å². The molecule has 0 amide bonds. The van der Waals surface area contributed by atoms with Crippen LogP contribution >= 0.6 is 0 Å². The van der Waals surface area contributed by atoms with Crippen LogP contribution in [0.3, 0.4) is 0 Å². The fourth-order valence-electron chi connectivity index (χ4n) is 4.24. The molecule has 28 heavy (non-hydrogen) atoms. The fraction of sp³-hybridized carbons (Fsp3) is 0.700. The molecule has 1 N–H and O–H groups in total. The van der Waals surface area contributed by atoms with Crippen molar-refractivity contribution in [2.24, 2.45) is 5.92 Å². The maximum Gasteiger partial charge on any atom is 0.229 e. The zero-order chi connectivity index (χ0) is 19.5. The molecule has 8 nitrogen and oxygen atoms in total. The quantitative estimate of drug-likeness (QED) is 0.838. The maximum absolute atomic E-state index is 5.99. The van der Waals surface area contributed by atoms with Gasteiger partial charge in [-0.15, -0.1) is 0 Å². The van der Waals surface area contributed by atoms with Crippen LogP contribution in [0.25, 0.3) is 0 Å². The second-order valence-corrected chi connectivity index (χ2v) is 8.18. The summed E-state index contributed by atoms with van der Waals surface area (Å²) in [6.07, 6.45) is 6.04. The van der Waals surface area contributed by atoms with Crippen molar-refractivity contribution in [3.05, 3.63) is 24.1 Å². The molecule has 2 fully saturated rings. The topological polar surface area (TPSA) is 89.2 Å². The number of anilines is 2. The summed E-state index contributed by atoms with van der Waals surface area (Å²) < 4.78 is 11.3. The molecule has 4 heterocycles. The highest BCUT2D eigenvalue weighted by molar-refractivity contribution is 5.49. The van der Waals surface area contributed by atoms with Crippen LogP contribution in [0.2, 0.25) is 0 Å². The summed E-state index contributed by atoms with van der Waals surface area (Å²) in [6, 6.07) is 2.35. The SMILES string of the molecule is Cc1noc(C2CCN(c3cc(N[C@@H]4CCCO[C@@H]4C(C)C)ncn3)CC2)n1. The molecule has 4 rings (SSSR count). The summed E-state index contributed by atoms with van der Waals surface area (Å²) in [5.41, 5.74) is 0. The molecule has 152 valence electrons. The molecule has 0 spiro atoms. The van der Waals surface area contributed by atoms with Crippen LogP contribution in [0.5, 0.6) is 0 Å². The Morgan fingerprint density at radius 2 is 2.00 bits per heavy atom. The molecule has 0 aromatic carbocycles. The summed E-state index contributed by atoms with van der Waals surface area (Å²) in [6.45, 7) is 8.98. The molecule has 0 radical (unpaired) electrons. The Morgan fingerprint density at radius 1 is 1.18 bits per heavy atom. The van der Waals surface area contributed by atoms with Gasteiger partial charge < -0.3 is 19.5 Å². The first-order chi connectivity index (χ1) is 13.6. The summed E-state index contributed by atoms with van der Waals surface area (Å²) in [7, 11) is 0. The molecule has 0 aliphatic carbocycles. The first-order valence-corrected chi connectivity index (χ1v) is 10.4. The Bertz CT molecular complexity index is 772. The number of piperidine rings is 1. The molecule has 2 aliphatic heterocycles. The van der Waals surface area contributed by atoms with Gasteiger partial charge in [0.15, 0.2) is 5.82 Å². The number of aromatic nitrogens is 4. The number of hydrogen-bond acceptors (Lipinski definition) is 8. The third-order valence-corrected chi connectivity index (χ3v) is 5.72. The molecule has 0 bridgehead atoms. The average Bonchev–Trinajstić information content (AvgIpc) is 3.15. The van der Waals surface area contributed by atoms with Gasteiger partial charge in [0.05, 0.1) is 12.1 Å². The monoisotopic (exact) mass is 386 g/mol. The number of ether oxygens (including phenoxy) is 1. The normalized spacial score (nSPS) is 23.9. The van der Waals surface area contributed by atoms with Gasteiger partial charge in [0, 0.05) is 31.7 Å². The van der Waals surface area contributed by atoms with Gasteiger partial charge in [-0.3, -0.25) is 0 Å². The van der Waals surface area contributed by atoms with Crippen molar-refractivity contribution in [2.45, 2.75) is 64.5 Å². The Hall–Kier alpha value is -2.22. The molecule has 0 unspecified atom stereocenters. The van der Waals surface area contributed by atoms with Gasteiger partial charge in [0.2, 0.25) is 5.89 Å². The first kappa shape index (κ1) is 19.1. The zero-order valence-electron chi connectivity index (χ0n) is 17.0. The third-order valence-electron chi connectivity index (χ3n) is 5.72. The van der Waals surface area contributed by atoms with Gasteiger partial charge in [-0.25, -0.2) is 9.97 Å². The van der Waals surface area contributed by atoms with E-state index < -0.39 is 0 Å². The zero-order valence-corrected chi connectivity index (χ0v) is 17.0. The second kappa shape index (κ2) is 8.43. The lowest BCUT2D eigenvalue weighted by atomic mass is 9.93. The lowest BCUT2D eigenvalue weighted by Gasteiger charge is -2.35. The predicted molar refractivity (Wildman–Crippen MR) is 106 cm³/mol. The maximum atomic E-state index is 5.99. The minimum Gasteiger partial charge on any atom is -0.376 e. The minimum absolute atomic E-state index is 0.223. The number of hydrogen-bond donors (Lipinski definition) is 1. The van der Waals surface area contributed by atoms with Gasteiger partial charge in [-0.05, 0) is 38.5 Å². The first-order valence-electron chi connectivity index (χ1n) is 10.4. The predicted octanol–water partition coefficient (Wildman–Crippen LogP) is 3.17.